The average molecular weight is 318 g/mol. The van der Waals surface area contributed by atoms with Crippen molar-refractivity contribution in [2.75, 3.05) is 12.4 Å². The predicted octanol–water partition coefficient (Wildman–Crippen LogP) is 4.82. The second-order valence-electron chi connectivity index (χ2n) is 4.45. The molecule has 1 heterocycles. The van der Waals surface area contributed by atoms with Gasteiger partial charge in [0.25, 0.3) is 5.91 Å². The Morgan fingerprint density at radius 3 is 2.76 bits per heavy atom. The highest BCUT2D eigenvalue weighted by Gasteiger charge is 2.13. The van der Waals surface area contributed by atoms with Crippen molar-refractivity contribution in [2.24, 2.45) is 0 Å². The Balaban J connectivity index is 1.91. The van der Waals surface area contributed by atoms with E-state index in [1.54, 1.807) is 25.3 Å². The van der Waals surface area contributed by atoms with Crippen molar-refractivity contribution in [1.29, 1.82) is 0 Å². The molecule has 0 aliphatic rings. The van der Waals surface area contributed by atoms with Crippen LogP contribution in [-0.2, 0) is 0 Å². The van der Waals surface area contributed by atoms with E-state index < -0.39 is 0 Å². The maximum Gasteiger partial charge on any atom is 0.265 e. The van der Waals surface area contributed by atoms with Gasteiger partial charge in [-0.3, -0.25) is 4.79 Å². The van der Waals surface area contributed by atoms with Gasteiger partial charge < -0.3 is 10.1 Å². The van der Waals surface area contributed by atoms with E-state index in [0.29, 0.717) is 21.3 Å². The molecule has 5 heteroatoms. The number of anilines is 1. The molecule has 2 aromatic carbocycles. The molecule has 3 rings (SSSR count). The summed E-state index contributed by atoms with van der Waals surface area (Å²) in [6, 6.07) is 14.9. The van der Waals surface area contributed by atoms with E-state index in [0.717, 1.165) is 10.1 Å². The number of fused-ring (bicyclic) bond motifs is 1. The van der Waals surface area contributed by atoms with E-state index in [4.69, 9.17) is 16.3 Å². The van der Waals surface area contributed by atoms with Crippen LogP contribution in [0.4, 0.5) is 5.69 Å². The molecule has 3 nitrogen and oxygen atoms in total. The molecule has 0 radical (unpaired) electrons. The van der Waals surface area contributed by atoms with Gasteiger partial charge in [-0.2, -0.15) is 0 Å². The number of amides is 1. The van der Waals surface area contributed by atoms with Crippen LogP contribution < -0.4 is 10.1 Å². The predicted molar refractivity (Wildman–Crippen MR) is 87.8 cm³/mol. The second-order valence-corrected chi connectivity index (χ2v) is 5.97. The first-order valence-corrected chi connectivity index (χ1v) is 7.50. The van der Waals surface area contributed by atoms with E-state index in [9.17, 15) is 4.79 Å². The number of hydrogen-bond acceptors (Lipinski definition) is 3. The molecule has 0 unspecified atom stereocenters. The minimum Gasteiger partial charge on any atom is -0.495 e. The van der Waals surface area contributed by atoms with Gasteiger partial charge in [0.2, 0.25) is 0 Å². The third-order valence-corrected chi connectivity index (χ3v) is 4.41. The Morgan fingerprint density at radius 1 is 1.19 bits per heavy atom. The first-order valence-electron chi connectivity index (χ1n) is 6.31. The molecule has 0 bridgehead atoms. The summed E-state index contributed by atoms with van der Waals surface area (Å²) >= 11 is 7.42. The molecule has 0 aliphatic heterocycles. The number of rotatable bonds is 3. The quantitative estimate of drug-likeness (QED) is 0.752. The van der Waals surface area contributed by atoms with Crippen LogP contribution in [0.15, 0.2) is 48.5 Å². The molecule has 0 spiro atoms. The molecule has 0 saturated heterocycles. The van der Waals surface area contributed by atoms with Crippen molar-refractivity contribution in [3.05, 3.63) is 58.4 Å². The second kappa shape index (κ2) is 5.76. The fourth-order valence-electron chi connectivity index (χ4n) is 2.06. The third kappa shape index (κ3) is 2.86. The monoisotopic (exact) mass is 317 g/mol. The van der Waals surface area contributed by atoms with Crippen LogP contribution >= 0.6 is 22.9 Å². The molecule has 3 aromatic rings. The van der Waals surface area contributed by atoms with Gasteiger partial charge in [0.1, 0.15) is 5.75 Å². The van der Waals surface area contributed by atoms with E-state index in [-0.39, 0.29) is 5.91 Å². The lowest BCUT2D eigenvalue weighted by atomic mass is 10.2. The van der Waals surface area contributed by atoms with E-state index in [1.807, 2.05) is 30.3 Å². The lowest BCUT2D eigenvalue weighted by Crippen LogP contribution is -2.11. The summed E-state index contributed by atoms with van der Waals surface area (Å²) < 4.78 is 6.31. The number of nitrogens with one attached hydrogen (secondary N) is 1. The van der Waals surface area contributed by atoms with Crippen LogP contribution in [0.3, 0.4) is 0 Å². The van der Waals surface area contributed by atoms with Crippen molar-refractivity contribution in [1.82, 2.24) is 0 Å². The summed E-state index contributed by atoms with van der Waals surface area (Å²) in [7, 11) is 1.55. The normalized spacial score (nSPS) is 10.6. The maximum atomic E-state index is 12.4. The minimum absolute atomic E-state index is 0.170. The van der Waals surface area contributed by atoms with Crippen LogP contribution in [0.5, 0.6) is 5.75 Å². The largest absolute Gasteiger partial charge is 0.495 e. The molecule has 0 aliphatic carbocycles. The first kappa shape index (κ1) is 13.9. The van der Waals surface area contributed by atoms with Gasteiger partial charge in [-0.15, -0.1) is 11.3 Å². The Hall–Kier alpha value is -2.04. The number of ether oxygens (including phenoxy) is 1. The van der Waals surface area contributed by atoms with Gasteiger partial charge in [-0.05, 0) is 35.7 Å². The van der Waals surface area contributed by atoms with Gasteiger partial charge in [0.05, 0.1) is 17.7 Å². The fourth-order valence-corrected chi connectivity index (χ4v) is 3.19. The summed E-state index contributed by atoms with van der Waals surface area (Å²) in [5.74, 6) is 0.408. The topological polar surface area (TPSA) is 38.3 Å². The molecule has 1 aromatic heterocycles. The summed E-state index contributed by atoms with van der Waals surface area (Å²) in [4.78, 5) is 13.0. The van der Waals surface area contributed by atoms with E-state index >= 15 is 0 Å². The highest BCUT2D eigenvalue weighted by atomic mass is 35.5. The Kier molecular flexibility index (Phi) is 3.82. The Labute approximate surface area is 131 Å². The minimum atomic E-state index is -0.170. The molecular weight excluding hydrogens is 306 g/mol. The zero-order valence-electron chi connectivity index (χ0n) is 11.2. The number of methoxy groups -OCH3 is 1. The van der Waals surface area contributed by atoms with Crippen molar-refractivity contribution in [3.63, 3.8) is 0 Å². The molecule has 0 fully saturated rings. The lowest BCUT2D eigenvalue weighted by Gasteiger charge is -2.09. The fraction of sp³-hybridized carbons (Fsp3) is 0.0625. The molecule has 0 atom stereocenters. The average Bonchev–Trinajstić information content (AvgIpc) is 2.91. The van der Waals surface area contributed by atoms with Crippen molar-refractivity contribution in [3.8, 4) is 5.75 Å². The zero-order valence-corrected chi connectivity index (χ0v) is 12.8. The smallest absolute Gasteiger partial charge is 0.265 e. The molecule has 21 heavy (non-hydrogen) atoms. The summed E-state index contributed by atoms with van der Waals surface area (Å²) in [6.07, 6.45) is 0. The molecule has 0 saturated carbocycles. The van der Waals surface area contributed by atoms with Crippen molar-refractivity contribution >= 4 is 44.6 Å². The van der Waals surface area contributed by atoms with Gasteiger partial charge in [0.15, 0.2) is 0 Å². The van der Waals surface area contributed by atoms with Gasteiger partial charge in [-0.1, -0.05) is 29.8 Å². The van der Waals surface area contributed by atoms with Crippen molar-refractivity contribution in [2.45, 2.75) is 0 Å². The highest BCUT2D eigenvalue weighted by Crippen LogP contribution is 2.30. The lowest BCUT2D eigenvalue weighted by molar-refractivity contribution is 0.103. The molecule has 1 N–H and O–H groups in total. The van der Waals surface area contributed by atoms with Crippen LogP contribution in [0.1, 0.15) is 9.67 Å². The highest BCUT2D eigenvalue weighted by molar-refractivity contribution is 7.20. The first-order chi connectivity index (χ1) is 10.2. The third-order valence-electron chi connectivity index (χ3n) is 3.06. The summed E-state index contributed by atoms with van der Waals surface area (Å²) in [6.45, 7) is 0. The van der Waals surface area contributed by atoms with E-state index in [1.165, 1.54) is 11.3 Å². The van der Waals surface area contributed by atoms with Gasteiger partial charge in [-0.25, -0.2) is 0 Å². The number of carbonyl (C=O) groups excluding carboxylic acids is 1. The zero-order chi connectivity index (χ0) is 14.8. The standard InChI is InChI=1S/C16H12ClNO2S/c1-20-13-7-6-11(17)9-12(13)18-16(19)15-8-10-4-2-3-5-14(10)21-15/h2-9H,1H3,(H,18,19). The molecular formula is C16H12ClNO2S. The summed E-state index contributed by atoms with van der Waals surface area (Å²) in [5, 5.41) is 4.45. The number of benzene rings is 2. The van der Waals surface area contributed by atoms with Crippen LogP contribution in [0, 0.1) is 0 Å². The Bertz CT molecular complexity index is 780. The molecule has 1 amide bonds. The number of halogens is 1. The van der Waals surface area contributed by atoms with Gasteiger partial charge >= 0.3 is 0 Å². The summed E-state index contributed by atoms with van der Waals surface area (Å²) in [5.41, 5.74) is 0.562. The van der Waals surface area contributed by atoms with Crippen molar-refractivity contribution < 1.29 is 9.53 Å². The number of thiophene rings is 1. The van der Waals surface area contributed by atoms with E-state index in [2.05, 4.69) is 5.32 Å². The maximum absolute atomic E-state index is 12.4. The SMILES string of the molecule is COc1ccc(Cl)cc1NC(=O)c1cc2ccccc2s1. The Morgan fingerprint density at radius 2 is 2.00 bits per heavy atom. The van der Waals surface area contributed by atoms with Crippen LogP contribution in [0.2, 0.25) is 5.02 Å². The van der Waals surface area contributed by atoms with Crippen LogP contribution in [-0.4, -0.2) is 13.0 Å². The van der Waals surface area contributed by atoms with Gasteiger partial charge in [0, 0.05) is 9.72 Å². The number of hydrogen-bond donors (Lipinski definition) is 1. The van der Waals surface area contributed by atoms with Crippen LogP contribution in [0.25, 0.3) is 10.1 Å². The molecule has 106 valence electrons. The number of carbonyl (C=O) groups is 1.